The topological polar surface area (TPSA) is 26.3 Å². The Morgan fingerprint density at radius 2 is 1.65 bits per heavy atom. The number of carbonyl (C=O) groups excluding carboxylic acids is 1. The molecular formula is C16H12Cl2O2. The summed E-state index contributed by atoms with van der Waals surface area (Å²) in [5.41, 5.74) is 2.34. The molecule has 0 unspecified atom stereocenters. The number of halogens is 2. The standard InChI is InChI=1S/C16H12Cl2O2/c17-14-7-10(1-2-12(14)9-19)11-3-6-16(15(18)8-11)20-13-4-5-13/h1-3,6-9,13H,4-5H2. The quantitative estimate of drug-likeness (QED) is 0.742. The zero-order valence-corrected chi connectivity index (χ0v) is 12.1. The molecular weight excluding hydrogens is 295 g/mol. The predicted molar refractivity (Wildman–Crippen MR) is 80.9 cm³/mol. The molecule has 20 heavy (non-hydrogen) atoms. The molecule has 0 radical (unpaired) electrons. The summed E-state index contributed by atoms with van der Waals surface area (Å²) in [4.78, 5) is 10.8. The van der Waals surface area contributed by atoms with Gasteiger partial charge in [0.15, 0.2) is 6.29 Å². The maximum absolute atomic E-state index is 10.8. The van der Waals surface area contributed by atoms with Crippen molar-refractivity contribution in [3.05, 3.63) is 52.0 Å². The summed E-state index contributed by atoms with van der Waals surface area (Å²) in [6.07, 6.45) is 3.26. The van der Waals surface area contributed by atoms with Gasteiger partial charge in [-0.3, -0.25) is 4.79 Å². The Bertz CT molecular complexity index is 664. The molecule has 1 saturated carbocycles. The molecule has 1 aliphatic rings. The summed E-state index contributed by atoms with van der Waals surface area (Å²) in [6, 6.07) is 11.0. The number of hydrogen-bond donors (Lipinski definition) is 0. The Hall–Kier alpha value is -1.51. The Kier molecular flexibility index (Phi) is 3.68. The van der Waals surface area contributed by atoms with Crippen molar-refractivity contribution in [3.63, 3.8) is 0 Å². The summed E-state index contributed by atoms with van der Waals surface area (Å²) in [5.74, 6) is 0.716. The first-order chi connectivity index (χ1) is 9.67. The molecule has 0 saturated heterocycles. The Labute approximate surface area is 127 Å². The average Bonchev–Trinajstić information content (AvgIpc) is 3.25. The van der Waals surface area contributed by atoms with E-state index in [4.69, 9.17) is 27.9 Å². The van der Waals surface area contributed by atoms with Crippen molar-refractivity contribution < 1.29 is 9.53 Å². The first kappa shape index (κ1) is 13.5. The zero-order valence-electron chi connectivity index (χ0n) is 10.6. The first-order valence-corrected chi connectivity index (χ1v) is 7.14. The highest BCUT2D eigenvalue weighted by atomic mass is 35.5. The SMILES string of the molecule is O=Cc1ccc(-c2ccc(OC3CC3)c(Cl)c2)cc1Cl. The summed E-state index contributed by atoms with van der Waals surface area (Å²) in [5, 5.41) is 1.02. The summed E-state index contributed by atoms with van der Waals surface area (Å²) < 4.78 is 5.70. The van der Waals surface area contributed by atoms with Crippen molar-refractivity contribution in [1.82, 2.24) is 0 Å². The van der Waals surface area contributed by atoms with Gasteiger partial charge in [0.2, 0.25) is 0 Å². The number of rotatable bonds is 4. The van der Waals surface area contributed by atoms with Crippen molar-refractivity contribution >= 4 is 29.5 Å². The second kappa shape index (κ2) is 5.47. The molecule has 0 aromatic heterocycles. The molecule has 0 N–H and O–H groups in total. The molecule has 4 heteroatoms. The van der Waals surface area contributed by atoms with E-state index in [-0.39, 0.29) is 0 Å². The number of aldehydes is 1. The highest BCUT2D eigenvalue weighted by Gasteiger charge is 2.24. The Morgan fingerprint density at radius 1 is 1.00 bits per heavy atom. The van der Waals surface area contributed by atoms with Crippen LogP contribution in [0.2, 0.25) is 10.0 Å². The normalized spacial score (nSPS) is 14.1. The first-order valence-electron chi connectivity index (χ1n) is 6.38. The van der Waals surface area contributed by atoms with Crippen molar-refractivity contribution in [2.24, 2.45) is 0 Å². The number of benzene rings is 2. The van der Waals surface area contributed by atoms with Gasteiger partial charge >= 0.3 is 0 Å². The lowest BCUT2D eigenvalue weighted by Gasteiger charge is -2.09. The van der Waals surface area contributed by atoms with Crippen LogP contribution in [0.1, 0.15) is 23.2 Å². The molecule has 0 spiro atoms. The smallest absolute Gasteiger partial charge is 0.151 e. The third-order valence-corrected chi connectivity index (χ3v) is 3.83. The summed E-state index contributed by atoms with van der Waals surface area (Å²) >= 11 is 12.3. The fourth-order valence-electron chi connectivity index (χ4n) is 1.94. The van der Waals surface area contributed by atoms with Crippen LogP contribution in [0.3, 0.4) is 0 Å². The van der Waals surface area contributed by atoms with Crippen molar-refractivity contribution in [1.29, 1.82) is 0 Å². The van der Waals surface area contributed by atoms with Crippen molar-refractivity contribution in [2.45, 2.75) is 18.9 Å². The van der Waals surface area contributed by atoms with E-state index in [1.165, 1.54) is 0 Å². The molecule has 1 fully saturated rings. The third-order valence-electron chi connectivity index (χ3n) is 3.21. The number of carbonyl (C=O) groups is 1. The minimum Gasteiger partial charge on any atom is -0.489 e. The average molecular weight is 307 g/mol. The molecule has 102 valence electrons. The van der Waals surface area contributed by atoms with E-state index in [9.17, 15) is 4.79 Å². The van der Waals surface area contributed by atoms with Gasteiger partial charge in [-0.15, -0.1) is 0 Å². The zero-order chi connectivity index (χ0) is 14.1. The van der Waals surface area contributed by atoms with Gasteiger partial charge in [-0.05, 0) is 48.2 Å². The molecule has 0 amide bonds. The maximum Gasteiger partial charge on any atom is 0.151 e. The fourth-order valence-corrected chi connectivity index (χ4v) is 2.39. The Balaban J connectivity index is 1.91. The van der Waals surface area contributed by atoms with Gasteiger partial charge in [0.05, 0.1) is 16.1 Å². The van der Waals surface area contributed by atoms with E-state index in [0.29, 0.717) is 27.5 Å². The van der Waals surface area contributed by atoms with Crippen LogP contribution in [-0.4, -0.2) is 12.4 Å². The third kappa shape index (κ3) is 2.82. The van der Waals surface area contributed by atoms with Crippen LogP contribution in [0.15, 0.2) is 36.4 Å². The highest BCUT2D eigenvalue weighted by Crippen LogP contribution is 2.35. The van der Waals surface area contributed by atoms with Gasteiger partial charge < -0.3 is 4.74 Å². The maximum atomic E-state index is 10.8. The van der Waals surface area contributed by atoms with Crippen LogP contribution in [-0.2, 0) is 0 Å². The molecule has 2 nitrogen and oxygen atoms in total. The molecule has 3 rings (SSSR count). The van der Waals surface area contributed by atoms with Gasteiger partial charge in [0.25, 0.3) is 0 Å². The van der Waals surface area contributed by atoms with Gasteiger partial charge in [-0.2, -0.15) is 0 Å². The largest absolute Gasteiger partial charge is 0.489 e. The number of hydrogen-bond acceptors (Lipinski definition) is 2. The van der Waals surface area contributed by atoms with Gasteiger partial charge in [-0.1, -0.05) is 35.3 Å². The summed E-state index contributed by atoms with van der Waals surface area (Å²) in [6.45, 7) is 0. The molecule has 2 aromatic carbocycles. The van der Waals surface area contributed by atoms with E-state index in [1.54, 1.807) is 12.1 Å². The van der Waals surface area contributed by atoms with E-state index >= 15 is 0 Å². The summed E-state index contributed by atoms with van der Waals surface area (Å²) in [7, 11) is 0. The molecule has 0 aliphatic heterocycles. The minimum absolute atomic E-state index is 0.319. The lowest BCUT2D eigenvalue weighted by atomic mass is 10.0. The minimum atomic E-state index is 0.319. The van der Waals surface area contributed by atoms with Crippen LogP contribution in [0.4, 0.5) is 0 Å². The van der Waals surface area contributed by atoms with Crippen LogP contribution in [0.5, 0.6) is 5.75 Å². The van der Waals surface area contributed by atoms with E-state index in [1.807, 2.05) is 24.3 Å². The van der Waals surface area contributed by atoms with Crippen molar-refractivity contribution in [3.8, 4) is 16.9 Å². The van der Waals surface area contributed by atoms with Crippen LogP contribution in [0, 0.1) is 0 Å². The van der Waals surface area contributed by atoms with E-state index < -0.39 is 0 Å². The monoisotopic (exact) mass is 306 g/mol. The fraction of sp³-hybridized carbons (Fsp3) is 0.188. The van der Waals surface area contributed by atoms with E-state index in [2.05, 4.69) is 0 Å². The Morgan fingerprint density at radius 3 is 2.20 bits per heavy atom. The highest BCUT2D eigenvalue weighted by molar-refractivity contribution is 6.33. The van der Waals surface area contributed by atoms with Gasteiger partial charge in [-0.25, -0.2) is 0 Å². The van der Waals surface area contributed by atoms with Crippen LogP contribution >= 0.6 is 23.2 Å². The van der Waals surface area contributed by atoms with Crippen LogP contribution < -0.4 is 4.74 Å². The van der Waals surface area contributed by atoms with E-state index in [0.717, 1.165) is 30.3 Å². The molecule has 2 aromatic rings. The van der Waals surface area contributed by atoms with Crippen LogP contribution in [0.25, 0.3) is 11.1 Å². The second-order valence-corrected chi connectivity index (χ2v) is 5.63. The predicted octanol–water partition coefficient (Wildman–Crippen LogP) is 5.01. The molecule has 0 heterocycles. The van der Waals surface area contributed by atoms with Gasteiger partial charge in [0.1, 0.15) is 5.75 Å². The van der Waals surface area contributed by atoms with Crippen molar-refractivity contribution in [2.75, 3.05) is 0 Å². The molecule has 1 aliphatic carbocycles. The second-order valence-electron chi connectivity index (χ2n) is 4.82. The molecule has 0 atom stereocenters. The lowest BCUT2D eigenvalue weighted by Crippen LogP contribution is -1.96. The molecule has 0 bridgehead atoms. The van der Waals surface area contributed by atoms with Gasteiger partial charge in [0, 0.05) is 5.56 Å². The number of ether oxygens (including phenoxy) is 1. The lowest BCUT2D eigenvalue weighted by molar-refractivity contribution is 0.112.